The average Bonchev–Trinajstić information content (AvgIpc) is 2.79. The molecule has 0 heterocycles. The molecule has 0 unspecified atom stereocenters. The molecule has 4 rings (SSSR count). The molecule has 0 bridgehead atoms. The highest BCUT2D eigenvalue weighted by Crippen LogP contribution is 2.58. The van der Waals surface area contributed by atoms with Crippen LogP contribution < -0.4 is 15.9 Å². The summed E-state index contributed by atoms with van der Waals surface area (Å²) in [7, 11) is -2.50. The van der Waals surface area contributed by atoms with Gasteiger partial charge in [-0.15, -0.1) is 0 Å². The van der Waals surface area contributed by atoms with Crippen molar-refractivity contribution < 1.29 is 13.2 Å². The summed E-state index contributed by atoms with van der Waals surface area (Å²) < 4.78 is 43.5. The summed E-state index contributed by atoms with van der Waals surface area (Å²) in [6.07, 6.45) is 0.0560. The van der Waals surface area contributed by atoms with Crippen molar-refractivity contribution in [2.75, 3.05) is 0 Å². The lowest BCUT2D eigenvalue weighted by Gasteiger charge is -2.28. The molecule has 0 nitrogen and oxygen atoms in total. The minimum Gasteiger partial charge on any atom is -0.206 e. The minimum atomic E-state index is -2.50. The van der Waals surface area contributed by atoms with Gasteiger partial charge in [0.15, 0.2) is 11.6 Å². The van der Waals surface area contributed by atoms with Gasteiger partial charge in [0.1, 0.15) is 35.2 Å². The van der Waals surface area contributed by atoms with Crippen molar-refractivity contribution in [3.63, 3.8) is 0 Å². The van der Waals surface area contributed by atoms with Crippen molar-refractivity contribution in [3.05, 3.63) is 126 Å². The van der Waals surface area contributed by atoms with E-state index in [4.69, 9.17) is 0 Å². The minimum absolute atomic E-state index is 0.0560. The molecule has 0 atom stereocenters. The molecular weight excluding hydrogens is 388 g/mol. The Bertz CT molecular complexity index is 1000. The van der Waals surface area contributed by atoms with Gasteiger partial charge in [0, 0.05) is 0 Å². The fraction of sp³-hybridized carbons (Fsp3) is 0.0400. The van der Waals surface area contributed by atoms with E-state index in [1.54, 1.807) is 0 Å². The van der Waals surface area contributed by atoms with E-state index in [1.165, 1.54) is 0 Å². The fourth-order valence-electron chi connectivity index (χ4n) is 3.72. The molecule has 144 valence electrons. The van der Waals surface area contributed by atoms with Crippen LogP contribution in [0.4, 0.5) is 13.2 Å². The number of hydrogen-bond donors (Lipinski definition) is 0. The first-order valence-electron chi connectivity index (χ1n) is 9.30. The second kappa shape index (κ2) is 8.23. The van der Waals surface area contributed by atoms with Crippen molar-refractivity contribution in [1.82, 2.24) is 0 Å². The summed E-state index contributed by atoms with van der Waals surface area (Å²) in [6.45, 7) is 0. The zero-order valence-corrected chi connectivity index (χ0v) is 16.5. The predicted molar refractivity (Wildman–Crippen MR) is 115 cm³/mol. The highest BCUT2D eigenvalue weighted by atomic mass is 31.2. The van der Waals surface area contributed by atoms with Crippen molar-refractivity contribution in [3.8, 4) is 0 Å². The first-order chi connectivity index (χ1) is 14.1. The quantitative estimate of drug-likeness (QED) is 0.299. The number of halogens is 3. The third kappa shape index (κ3) is 3.59. The van der Waals surface area contributed by atoms with Crippen LogP contribution in [-0.2, 0) is 6.16 Å². The van der Waals surface area contributed by atoms with Crippen LogP contribution in [0.2, 0.25) is 0 Å². The van der Waals surface area contributed by atoms with E-state index >= 15 is 0 Å². The second-order valence-corrected chi connectivity index (χ2v) is 10.3. The van der Waals surface area contributed by atoms with E-state index < -0.39 is 24.7 Å². The first-order valence-corrected chi connectivity index (χ1v) is 11.3. The van der Waals surface area contributed by atoms with Crippen LogP contribution in [0, 0.1) is 17.5 Å². The van der Waals surface area contributed by atoms with Gasteiger partial charge in [-0.2, -0.15) is 0 Å². The van der Waals surface area contributed by atoms with E-state index in [0.717, 1.165) is 28.0 Å². The van der Waals surface area contributed by atoms with Gasteiger partial charge in [-0.05, 0) is 48.5 Å². The Morgan fingerprint density at radius 2 is 0.862 bits per heavy atom. The molecule has 0 aliphatic heterocycles. The maximum atomic E-state index is 14.7. The summed E-state index contributed by atoms with van der Waals surface area (Å²) in [5, 5.41) is 2.96. The molecule has 4 aromatic carbocycles. The van der Waals surface area contributed by atoms with E-state index in [1.807, 2.05) is 91.0 Å². The molecule has 4 aromatic rings. The Labute approximate surface area is 169 Å². The third-order valence-corrected chi connectivity index (χ3v) is 9.45. The lowest BCUT2D eigenvalue weighted by molar-refractivity contribution is 0.485. The number of hydrogen-bond acceptors (Lipinski definition) is 0. The van der Waals surface area contributed by atoms with E-state index in [9.17, 15) is 13.2 Å². The summed E-state index contributed by atoms with van der Waals surface area (Å²) >= 11 is 0. The summed E-state index contributed by atoms with van der Waals surface area (Å²) in [6, 6.07) is 31.1. The van der Waals surface area contributed by atoms with Crippen LogP contribution in [0.25, 0.3) is 0 Å². The van der Waals surface area contributed by atoms with Gasteiger partial charge in [-0.3, -0.25) is 0 Å². The Balaban J connectivity index is 2.05. The van der Waals surface area contributed by atoms with Gasteiger partial charge < -0.3 is 0 Å². The van der Waals surface area contributed by atoms with E-state index in [2.05, 4.69) is 0 Å². The Hall–Kier alpha value is -2.90. The Kier molecular flexibility index (Phi) is 5.51. The largest absolute Gasteiger partial charge is 0.206 e. The molecule has 29 heavy (non-hydrogen) atoms. The summed E-state index contributed by atoms with van der Waals surface area (Å²) in [4.78, 5) is 0. The normalized spacial score (nSPS) is 11.4. The molecule has 0 aliphatic rings. The van der Waals surface area contributed by atoms with Crippen LogP contribution in [0.15, 0.2) is 103 Å². The Morgan fingerprint density at radius 3 is 1.28 bits per heavy atom. The Morgan fingerprint density at radius 1 is 0.483 bits per heavy atom. The molecule has 4 heteroatoms. The van der Waals surface area contributed by atoms with Crippen molar-refractivity contribution >= 4 is 23.2 Å². The smallest absolute Gasteiger partial charge is 0.168 e. The zero-order valence-electron chi connectivity index (χ0n) is 15.6. The van der Waals surface area contributed by atoms with Gasteiger partial charge in [-0.25, -0.2) is 13.2 Å². The molecule has 0 spiro atoms. The van der Waals surface area contributed by atoms with Crippen molar-refractivity contribution in [2.45, 2.75) is 6.16 Å². The van der Waals surface area contributed by atoms with Gasteiger partial charge in [-0.1, -0.05) is 54.6 Å². The maximum absolute atomic E-state index is 14.7. The number of rotatable bonds is 5. The zero-order chi connectivity index (χ0) is 20.3. The highest BCUT2D eigenvalue weighted by Gasteiger charge is 2.46. The second-order valence-electron chi connectivity index (χ2n) is 6.80. The van der Waals surface area contributed by atoms with Gasteiger partial charge in [0.2, 0.25) is 0 Å². The predicted octanol–water partition coefficient (Wildman–Crippen LogP) is 5.60. The molecule has 0 aromatic heterocycles. The molecule has 0 fully saturated rings. The van der Waals surface area contributed by atoms with Crippen LogP contribution >= 0.6 is 7.26 Å². The summed E-state index contributed by atoms with van der Waals surface area (Å²) in [5.41, 5.74) is -0.213. The van der Waals surface area contributed by atoms with Crippen LogP contribution in [0.5, 0.6) is 0 Å². The van der Waals surface area contributed by atoms with Gasteiger partial charge in [0.25, 0.3) is 0 Å². The molecule has 0 N–H and O–H groups in total. The third-order valence-electron chi connectivity index (χ3n) is 5.13. The van der Waals surface area contributed by atoms with Crippen LogP contribution in [-0.4, -0.2) is 0 Å². The molecule has 0 saturated heterocycles. The van der Waals surface area contributed by atoms with Crippen LogP contribution in [0.3, 0.4) is 0 Å². The van der Waals surface area contributed by atoms with Gasteiger partial charge in [0.05, 0.1) is 5.56 Å². The molecule has 0 aliphatic carbocycles. The SMILES string of the molecule is Fc1ccc(F)c(C[P+](c2ccccc2)(c2ccccc2)c2ccccc2)c1F. The van der Waals surface area contributed by atoms with E-state index in [-0.39, 0.29) is 11.7 Å². The standard InChI is InChI=1S/C25H19F3P/c26-23-16-17-24(27)25(28)22(23)18-29(19-10-4-1-5-11-19,20-12-6-2-7-13-20)21-14-8-3-9-15-21/h1-17H,18H2/q+1. The maximum Gasteiger partial charge on any atom is 0.168 e. The lowest BCUT2D eigenvalue weighted by Crippen LogP contribution is -2.33. The molecule has 0 saturated carbocycles. The van der Waals surface area contributed by atoms with Gasteiger partial charge >= 0.3 is 0 Å². The highest BCUT2D eigenvalue weighted by molar-refractivity contribution is 7.95. The van der Waals surface area contributed by atoms with Crippen molar-refractivity contribution in [1.29, 1.82) is 0 Å². The molecule has 0 radical (unpaired) electrons. The van der Waals surface area contributed by atoms with E-state index in [0.29, 0.717) is 0 Å². The lowest BCUT2D eigenvalue weighted by atomic mass is 10.2. The van der Waals surface area contributed by atoms with Crippen LogP contribution in [0.1, 0.15) is 5.56 Å². The molecular formula is C25H19F3P+. The first kappa shape index (κ1) is 19.4. The number of benzene rings is 4. The topological polar surface area (TPSA) is 0 Å². The monoisotopic (exact) mass is 407 g/mol. The average molecular weight is 407 g/mol. The summed E-state index contributed by atoms with van der Waals surface area (Å²) in [5.74, 6) is -2.87. The fourth-order valence-corrected chi connectivity index (χ4v) is 7.97. The van der Waals surface area contributed by atoms with Crippen molar-refractivity contribution in [2.24, 2.45) is 0 Å². The molecule has 0 amide bonds.